The van der Waals surface area contributed by atoms with Crippen molar-refractivity contribution in [3.05, 3.63) is 63.2 Å². The second-order valence-corrected chi connectivity index (χ2v) is 6.97. The smallest absolute Gasteiger partial charge is 0.287 e. The van der Waals surface area contributed by atoms with Crippen molar-refractivity contribution in [1.82, 2.24) is 19.3 Å². The SMILES string of the molecule is Cc1nc2cc(Cl)ccn2c1C(=O)N1CCN(c2ccc([N+](=O)[O-])cn2)CC1. The topological polar surface area (TPSA) is 96.9 Å². The Kier molecular flexibility index (Phi) is 4.60. The Morgan fingerprint density at radius 1 is 1.21 bits per heavy atom. The maximum absolute atomic E-state index is 13.1. The lowest BCUT2D eigenvalue weighted by molar-refractivity contribution is -0.385. The molecule has 9 nitrogen and oxygen atoms in total. The summed E-state index contributed by atoms with van der Waals surface area (Å²) in [6.45, 7) is 4.05. The third kappa shape index (κ3) is 3.24. The summed E-state index contributed by atoms with van der Waals surface area (Å²) in [6.07, 6.45) is 3.00. The van der Waals surface area contributed by atoms with Crippen LogP contribution in [-0.4, -0.2) is 56.3 Å². The molecule has 1 amide bonds. The Morgan fingerprint density at radius 3 is 2.61 bits per heavy atom. The van der Waals surface area contributed by atoms with Crippen molar-refractivity contribution < 1.29 is 9.72 Å². The van der Waals surface area contributed by atoms with Crippen LogP contribution in [0.15, 0.2) is 36.7 Å². The van der Waals surface area contributed by atoms with Gasteiger partial charge in [-0.15, -0.1) is 0 Å². The van der Waals surface area contributed by atoms with Crippen LogP contribution in [0.5, 0.6) is 0 Å². The van der Waals surface area contributed by atoms with Crippen molar-refractivity contribution in [1.29, 1.82) is 0 Å². The van der Waals surface area contributed by atoms with Gasteiger partial charge >= 0.3 is 0 Å². The van der Waals surface area contributed by atoms with Crippen LogP contribution in [0.4, 0.5) is 11.5 Å². The molecular formula is C18H17ClN6O3. The monoisotopic (exact) mass is 400 g/mol. The molecule has 0 aromatic carbocycles. The van der Waals surface area contributed by atoms with E-state index in [2.05, 4.69) is 9.97 Å². The standard InChI is InChI=1S/C18H17ClN6O3/c1-12-17(24-5-4-13(19)10-16(24)21-12)18(26)23-8-6-22(7-9-23)15-3-2-14(11-20-15)25(27)28/h2-5,10-11H,6-9H2,1H3. The van der Waals surface area contributed by atoms with E-state index in [1.54, 1.807) is 33.7 Å². The zero-order valence-corrected chi connectivity index (χ0v) is 15.8. The molecule has 0 saturated carbocycles. The number of halogens is 1. The lowest BCUT2D eigenvalue weighted by Crippen LogP contribution is -2.49. The number of carbonyl (C=O) groups excluding carboxylic acids is 1. The second kappa shape index (κ2) is 7.08. The molecule has 4 heterocycles. The molecule has 3 aromatic rings. The lowest BCUT2D eigenvalue weighted by atomic mass is 10.2. The highest BCUT2D eigenvalue weighted by atomic mass is 35.5. The number of hydrogen-bond donors (Lipinski definition) is 0. The first kappa shape index (κ1) is 18.2. The van der Waals surface area contributed by atoms with Crippen molar-refractivity contribution in [3.63, 3.8) is 0 Å². The highest BCUT2D eigenvalue weighted by molar-refractivity contribution is 6.30. The first-order valence-electron chi connectivity index (χ1n) is 8.73. The van der Waals surface area contributed by atoms with Crippen LogP contribution in [0.2, 0.25) is 5.02 Å². The number of piperazine rings is 1. The summed E-state index contributed by atoms with van der Waals surface area (Å²) in [5.74, 6) is 0.585. The van der Waals surface area contributed by atoms with Gasteiger partial charge in [0.25, 0.3) is 11.6 Å². The fourth-order valence-electron chi connectivity index (χ4n) is 3.36. The largest absolute Gasteiger partial charge is 0.353 e. The molecule has 4 rings (SSSR count). The van der Waals surface area contributed by atoms with E-state index in [-0.39, 0.29) is 11.6 Å². The van der Waals surface area contributed by atoms with E-state index in [1.807, 2.05) is 11.8 Å². The summed E-state index contributed by atoms with van der Waals surface area (Å²) in [5.41, 5.74) is 1.79. The fraction of sp³-hybridized carbons (Fsp3) is 0.278. The van der Waals surface area contributed by atoms with Gasteiger partial charge in [0.15, 0.2) is 0 Å². The number of aromatic nitrogens is 3. The van der Waals surface area contributed by atoms with Gasteiger partial charge in [-0.1, -0.05) is 11.6 Å². The average molecular weight is 401 g/mol. The van der Waals surface area contributed by atoms with E-state index >= 15 is 0 Å². The van der Waals surface area contributed by atoms with Crippen molar-refractivity contribution in [2.24, 2.45) is 0 Å². The number of rotatable bonds is 3. The summed E-state index contributed by atoms with van der Waals surface area (Å²) in [7, 11) is 0. The van der Waals surface area contributed by atoms with E-state index in [9.17, 15) is 14.9 Å². The number of anilines is 1. The van der Waals surface area contributed by atoms with Crippen molar-refractivity contribution in [2.45, 2.75) is 6.92 Å². The second-order valence-electron chi connectivity index (χ2n) is 6.53. The summed E-state index contributed by atoms with van der Waals surface area (Å²) in [5, 5.41) is 11.3. The number of pyridine rings is 2. The Labute approximate surface area is 165 Å². The Hall–Kier alpha value is -3.20. The quantitative estimate of drug-likeness (QED) is 0.495. The van der Waals surface area contributed by atoms with E-state index < -0.39 is 4.92 Å². The van der Waals surface area contributed by atoms with Gasteiger partial charge in [-0.2, -0.15) is 0 Å². The summed E-state index contributed by atoms with van der Waals surface area (Å²) in [6, 6.07) is 6.52. The predicted octanol–water partition coefficient (Wildman–Crippen LogP) is 2.56. The molecule has 0 radical (unpaired) electrons. The molecule has 0 unspecified atom stereocenters. The average Bonchev–Trinajstić information content (AvgIpc) is 3.02. The number of carbonyl (C=O) groups is 1. The minimum absolute atomic E-state index is 0.0410. The van der Waals surface area contributed by atoms with Gasteiger partial charge in [0.1, 0.15) is 23.4 Å². The molecule has 0 aliphatic carbocycles. The van der Waals surface area contributed by atoms with E-state index in [0.717, 1.165) is 0 Å². The van der Waals surface area contributed by atoms with Crippen molar-refractivity contribution in [2.75, 3.05) is 31.1 Å². The molecule has 3 aromatic heterocycles. The lowest BCUT2D eigenvalue weighted by Gasteiger charge is -2.35. The van der Waals surface area contributed by atoms with Gasteiger partial charge < -0.3 is 9.80 Å². The molecule has 0 bridgehead atoms. The molecule has 10 heteroatoms. The van der Waals surface area contributed by atoms with E-state index in [1.165, 1.54) is 12.3 Å². The molecule has 144 valence electrons. The first-order valence-corrected chi connectivity index (χ1v) is 9.11. The number of hydrogen-bond acceptors (Lipinski definition) is 6. The van der Waals surface area contributed by atoms with Crippen LogP contribution in [0.1, 0.15) is 16.2 Å². The van der Waals surface area contributed by atoms with Gasteiger partial charge in [0, 0.05) is 49.5 Å². The van der Waals surface area contributed by atoms with Crippen LogP contribution in [-0.2, 0) is 0 Å². The normalized spacial score (nSPS) is 14.5. The molecule has 28 heavy (non-hydrogen) atoms. The van der Waals surface area contributed by atoms with Gasteiger partial charge in [0.2, 0.25) is 0 Å². The molecule has 1 aliphatic rings. The van der Waals surface area contributed by atoms with Crippen molar-refractivity contribution in [3.8, 4) is 0 Å². The number of nitrogens with zero attached hydrogens (tertiary/aromatic N) is 6. The van der Waals surface area contributed by atoms with Crippen LogP contribution < -0.4 is 4.90 Å². The number of aryl methyl sites for hydroxylation is 1. The molecule has 0 spiro atoms. The molecule has 1 saturated heterocycles. The number of nitro groups is 1. The van der Waals surface area contributed by atoms with Gasteiger partial charge in [0.05, 0.1) is 10.6 Å². The van der Waals surface area contributed by atoms with Gasteiger partial charge in [-0.3, -0.25) is 19.3 Å². The maximum atomic E-state index is 13.1. The Balaban J connectivity index is 1.49. The minimum Gasteiger partial charge on any atom is -0.353 e. The van der Waals surface area contributed by atoms with Crippen LogP contribution in [0, 0.1) is 17.0 Å². The van der Waals surface area contributed by atoms with Crippen LogP contribution in [0.3, 0.4) is 0 Å². The van der Waals surface area contributed by atoms with Gasteiger partial charge in [-0.05, 0) is 19.1 Å². The maximum Gasteiger partial charge on any atom is 0.287 e. The molecule has 1 aliphatic heterocycles. The zero-order valence-electron chi connectivity index (χ0n) is 15.1. The summed E-state index contributed by atoms with van der Waals surface area (Å²) >= 11 is 6.01. The zero-order chi connectivity index (χ0) is 19.8. The molecular weight excluding hydrogens is 384 g/mol. The number of amides is 1. The van der Waals surface area contributed by atoms with Crippen LogP contribution in [0.25, 0.3) is 5.65 Å². The number of fused-ring (bicyclic) bond motifs is 1. The minimum atomic E-state index is -0.473. The predicted molar refractivity (Wildman–Crippen MR) is 104 cm³/mol. The number of imidazole rings is 1. The Bertz CT molecular complexity index is 1060. The van der Waals surface area contributed by atoms with Gasteiger partial charge in [-0.25, -0.2) is 9.97 Å². The van der Waals surface area contributed by atoms with Crippen molar-refractivity contribution >= 4 is 34.7 Å². The Morgan fingerprint density at radius 2 is 1.96 bits per heavy atom. The highest BCUT2D eigenvalue weighted by Gasteiger charge is 2.26. The third-order valence-corrected chi connectivity index (χ3v) is 5.03. The highest BCUT2D eigenvalue weighted by Crippen LogP contribution is 2.21. The molecule has 0 N–H and O–H groups in total. The molecule has 0 atom stereocenters. The van der Waals surface area contributed by atoms with E-state index in [4.69, 9.17) is 11.6 Å². The van der Waals surface area contributed by atoms with Crippen LogP contribution >= 0.6 is 11.6 Å². The summed E-state index contributed by atoms with van der Waals surface area (Å²) < 4.78 is 1.76. The third-order valence-electron chi connectivity index (χ3n) is 4.80. The first-order chi connectivity index (χ1) is 13.4. The fourth-order valence-corrected chi connectivity index (χ4v) is 3.51. The molecule has 1 fully saturated rings. The summed E-state index contributed by atoms with van der Waals surface area (Å²) in [4.78, 5) is 35.7. The van der Waals surface area contributed by atoms with E-state index in [0.29, 0.717) is 54.1 Å².